The van der Waals surface area contributed by atoms with Crippen molar-refractivity contribution < 1.29 is 74.2 Å². The average molecular weight is 408 g/mol. The summed E-state index contributed by atoms with van der Waals surface area (Å²) < 4.78 is 76.1. The van der Waals surface area contributed by atoms with E-state index in [2.05, 4.69) is 0 Å². The second-order valence-corrected chi connectivity index (χ2v) is 5.68. The van der Waals surface area contributed by atoms with Crippen molar-refractivity contribution >= 4 is 50.5 Å². The molecule has 0 fully saturated rings. The number of hydrogen-bond donors (Lipinski definition) is 8. The molecule has 0 radical (unpaired) electrons. The van der Waals surface area contributed by atoms with Crippen LogP contribution in [-0.4, -0.2) is 58.0 Å². The van der Waals surface area contributed by atoms with Gasteiger partial charge < -0.3 is 0 Å². The molecule has 0 aliphatic carbocycles. The Morgan fingerprint density at radius 2 is 0.429 bits per heavy atom. The Balaban J connectivity index is -0.0000000533. The molecule has 21 heteroatoms. The van der Waals surface area contributed by atoms with E-state index in [-0.39, 0.29) is 18.9 Å². The van der Waals surface area contributed by atoms with Gasteiger partial charge in [-0.05, 0) is 0 Å². The van der Waals surface area contributed by atoms with Gasteiger partial charge in [0, 0.05) is 0 Å². The Kier molecular flexibility index (Phi) is 21.3. The summed E-state index contributed by atoms with van der Waals surface area (Å²) in [5.41, 5.74) is 0. The van der Waals surface area contributed by atoms with Gasteiger partial charge in [0.25, 0.3) is 0 Å². The standard InChI is InChI=1S/4FH2O3P.Li.H/c4*1-5(2,3)4;;/h4*(H2,2,3,4);;. The van der Waals surface area contributed by atoms with E-state index in [1.807, 2.05) is 0 Å². The minimum absolute atomic E-state index is 0. The maximum absolute atomic E-state index is 10.4. The molecular formula is H9F4LiO12P4. The molecule has 12 nitrogen and oxygen atoms in total. The fourth-order valence-corrected chi connectivity index (χ4v) is 0. The zero-order valence-corrected chi connectivity index (χ0v) is 12.1. The number of halogens is 4. The van der Waals surface area contributed by atoms with Crippen molar-refractivity contribution in [1.82, 2.24) is 0 Å². The summed E-state index contributed by atoms with van der Waals surface area (Å²) in [4.78, 5) is 55.7. The van der Waals surface area contributed by atoms with Gasteiger partial charge in [-0.1, -0.05) is 0 Å². The van der Waals surface area contributed by atoms with E-state index < -0.39 is 31.6 Å². The van der Waals surface area contributed by atoms with Crippen LogP contribution in [0.1, 0.15) is 0 Å². The van der Waals surface area contributed by atoms with Crippen molar-refractivity contribution in [2.24, 2.45) is 0 Å². The summed E-state index contributed by atoms with van der Waals surface area (Å²) in [7, 11) is -20.6. The van der Waals surface area contributed by atoms with Crippen LogP contribution in [0.2, 0.25) is 0 Å². The van der Waals surface area contributed by atoms with Crippen LogP contribution in [0, 0.1) is 0 Å². The van der Waals surface area contributed by atoms with Crippen LogP contribution in [0.5, 0.6) is 0 Å². The van der Waals surface area contributed by atoms with E-state index in [0.717, 1.165) is 0 Å². The van der Waals surface area contributed by atoms with Crippen LogP contribution in [-0.2, 0) is 18.3 Å². The van der Waals surface area contributed by atoms with Gasteiger partial charge in [-0.3, -0.25) is 39.1 Å². The van der Waals surface area contributed by atoms with Gasteiger partial charge in [0.1, 0.15) is 0 Å². The van der Waals surface area contributed by atoms with Gasteiger partial charge in [-0.25, -0.2) is 18.3 Å². The van der Waals surface area contributed by atoms with Crippen molar-refractivity contribution in [3.05, 3.63) is 0 Å². The quantitative estimate of drug-likeness (QED) is 0.145. The SMILES string of the molecule is O=P(O)(O)F.O=P(O)(O)F.O=P(O)(O)F.O=P(O)(O)F.[LiH]. The number of hydrogen-bond acceptors (Lipinski definition) is 4. The first kappa shape index (κ1) is 33.5. The molecule has 0 aromatic carbocycles. The third-order valence-corrected chi connectivity index (χ3v) is 0. The normalized spacial score (nSPS) is 11.2. The third kappa shape index (κ3) is 8890. The first-order valence-electron chi connectivity index (χ1n) is 3.01. The van der Waals surface area contributed by atoms with E-state index in [9.17, 15) is 16.8 Å². The third-order valence-electron chi connectivity index (χ3n) is 0. The second kappa shape index (κ2) is 13.4. The monoisotopic (exact) mass is 408 g/mol. The molecule has 0 spiro atoms. The molecule has 130 valence electrons. The van der Waals surface area contributed by atoms with Crippen LogP contribution in [0.4, 0.5) is 16.8 Å². The van der Waals surface area contributed by atoms with Crippen molar-refractivity contribution in [3.63, 3.8) is 0 Å². The topological polar surface area (TPSA) is 230 Å². The van der Waals surface area contributed by atoms with Gasteiger partial charge in [-0.2, -0.15) is 0 Å². The van der Waals surface area contributed by atoms with Gasteiger partial charge >= 0.3 is 50.5 Å². The Morgan fingerprint density at radius 3 is 0.429 bits per heavy atom. The summed E-state index contributed by atoms with van der Waals surface area (Å²) in [6, 6.07) is 0. The Morgan fingerprint density at radius 1 is 0.429 bits per heavy atom. The molecule has 21 heavy (non-hydrogen) atoms. The van der Waals surface area contributed by atoms with Gasteiger partial charge in [0.2, 0.25) is 0 Å². The van der Waals surface area contributed by atoms with Crippen molar-refractivity contribution in [2.75, 3.05) is 0 Å². The summed E-state index contributed by atoms with van der Waals surface area (Å²) in [6.45, 7) is 0. The summed E-state index contributed by atoms with van der Waals surface area (Å²) in [5.74, 6) is 0. The molecule has 0 aliphatic rings. The molecular weight excluding hydrogens is 399 g/mol. The molecule has 0 heterocycles. The first-order chi connectivity index (χ1) is 8.00. The summed E-state index contributed by atoms with van der Waals surface area (Å²) in [6.07, 6.45) is 0. The molecule has 0 bridgehead atoms. The predicted octanol–water partition coefficient (Wildman–Crippen LogP) is -0.454. The van der Waals surface area contributed by atoms with Crippen LogP contribution in [0.15, 0.2) is 0 Å². The number of rotatable bonds is 0. The van der Waals surface area contributed by atoms with Crippen molar-refractivity contribution in [1.29, 1.82) is 0 Å². The molecule has 0 saturated carbocycles. The zero-order valence-electron chi connectivity index (χ0n) is 8.51. The zero-order chi connectivity index (χ0) is 18.0. The second-order valence-electron chi connectivity index (χ2n) is 1.89. The van der Waals surface area contributed by atoms with E-state index in [4.69, 9.17) is 57.4 Å². The van der Waals surface area contributed by atoms with E-state index >= 15 is 0 Å². The van der Waals surface area contributed by atoms with Crippen LogP contribution >= 0.6 is 31.6 Å². The molecule has 0 amide bonds. The van der Waals surface area contributed by atoms with Crippen LogP contribution < -0.4 is 0 Å². The molecule has 0 aromatic heterocycles. The maximum atomic E-state index is 10.4. The molecule has 0 saturated heterocycles. The predicted molar refractivity (Wildman–Crippen MR) is 59.8 cm³/mol. The molecule has 0 aliphatic heterocycles. The summed E-state index contributed by atoms with van der Waals surface area (Å²) >= 11 is 0. The molecule has 0 rings (SSSR count). The Hall–Kier alpha value is 0.917. The average Bonchev–Trinajstić information content (AvgIpc) is 1.62. The van der Waals surface area contributed by atoms with Gasteiger partial charge in [0.15, 0.2) is 0 Å². The Bertz CT molecular complexity index is 298. The van der Waals surface area contributed by atoms with Crippen LogP contribution in [0.25, 0.3) is 0 Å². The minimum atomic E-state index is -5.14. The van der Waals surface area contributed by atoms with E-state index in [0.29, 0.717) is 0 Å². The first-order valence-corrected chi connectivity index (χ1v) is 9.02. The van der Waals surface area contributed by atoms with Crippen molar-refractivity contribution in [2.45, 2.75) is 0 Å². The molecule has 0 unspecified atom stereocenters. The molecule has 8 N–H and O–H groups in total. The van der Waals surface area contributed by atoms with E-state index in [1.165, 1.54) is 0 Å². The molecule has 0 atom stereocenters. The molecule has 0 aromatic rings. The Labute approximate surface area is 125 Å². The van der Waals surface area contributed by atoms with Crippen LogP contribution in [0.3, 0.4) is 0 Å². The van der Waals surface area contributed by atoms with Gasteiger partial charge in [0.05, 0.1) is 0 Å². The van der Waals surface area contributed by atoms with Crippen molar-refractivity contribution in [3.8, 4) is 0 Å². The van der Waals surface area contributed by atoms with E-state index in [1.54, 1.807) is 0 Å². The fraction of sp³-hybridized carbons (Fsp3) is 0. The summed E-state index contributed by atoms with van der Waals surface area (Å²) in [5, 5.41) is 0. The fourth-order valence-electron chi connectivity index (χ4n) is 0. The van der Waals surface area contributed by atoms with Gasteiger partial charge in [-0.15, -0.1) is 16.8 Å².